The van der Waals surface area contributed by atoms with E-state index in [0.29, 0.717) is 132 Å². The van der Waals surface area contributed by atoms with Crippen LogP contribution >= 0.6 is 22.6 Å². The van der Waals surface area contributed by atoms with Crippen LogP contribution in [0.2, 0.25) is 0 Å². The number of hydrogen-bond acceptors (Lipinski definition) is 11. The zero-order valence-corrected chi connectivity index (χ0v) is 33.2. The molecule has 0 aliphatic carbocycles. The van der Waals surface area contributed by atoms with Gasteiger partial charge in [-0.25, -0.2) is 0 Å². The Kier molecular flexibility index (Phi) is 27.6. The summed E-state index contributed by atoms with van der Waals surface area (Å²) in [6, 6.07) is 31.0. The summed E-state index contributed by atoms with van der Waals surface area (Å²) in [5, 5.41) is 0. The zero-order chi connectivity index (χ0) is 37.2. The van der Waals surface area contributed by atoms with E-state index in [1.54, 1.807) is 0 Å². The van der Waals surface area contributed by atoms with Crippen molar-refractivity contribution in [3.05, 3.63) is 108 Å². The van der Waals surface area contributed by atoms with E-state index >= 15 is 0 Å². The Morgan fingerprint density at radius 3 is 0.717 bits per heavy atom. The van der Waals surface area contributed by atoms with Gasteiger partial charge in [0.2, 0.25) is 0 Å². The van der Waals surface area contributed by atoms with Crippen molar-refractivity contribution in [1.29, 1.82) is 0 Å². The van der Waals surface area contributed by atoms with Crippen LogP contribution in [0.5, 0.6) is 0 Å². The Labute approximate surface area is 329 Å². The molecule has 3 aromatic rings. The summed E-state index contributed by atoms with van der Waals surface area (Å²) in [5.74, 6) is 0. The number of hydrogen-bond donors (Lipinski definition) is 0. The van der Waals surface area contributed by atoms with Crippen LogP contribution in [-0.2, 0) is 57.7 Å². The van der Waals surface area contributed by atoms with Crippen molar-refractivity contribution in [2.24, 2.45) is 0 Å². The topological polar surface area (TPSA) is 102 Å². The summed E-state index contributed by atoms with van der Waals surface area (Å²) >= 11 is 2.28. The largest absolute Gasteiger partial charge is 0.378 e. The lowest BCUT2D eigenvalue weighted by atomic mass is 9.80. The fourth-order valence-electron chi connectivity index (χ4n) is 5.16. The molecule has 0 amide bonds. The first-order valence-electron chi connectivity index (χ1n) is 18.5. The highest BCUT2D eigenvalue weighted by molar-refractivity contribution is 14.1. The summed E-state index contributed by atoms with van der Waals surface area (Å²) in [7, 11) is 0. The van der Waals surface area contributed by atoms with Crippen molar-refractivity contribution in [3.63, 3.8) is 0 Å². The van der Waals surface area contributed by atoms with Crippen molar-refractivity contribution >= 4 is 22.6 Å². The van der Waals surface area contributed by atoms with Crippen molar-refractivity contribution in [2.75, 3.05) is 143 Å². The van der Waals surface area contributed by atoms with Gasteiger partial charge in [-0.2, -0.15) is 0 Å². The number of rotatable bonds is 36. The summed E-state index contributed by atoms with van der Waals surface area (Å²) in [4.78, 5) is 0. The molecule has 0 heterocycles. The summed E-state index contributed by atoms with van der Waals surface area (Å²) in [6.45, 7) is 11.0. The molecule has 0 radical (unpaired) electrons. The van der Waals surface area contributed by atoms with Gasteiger partial charge >= 0.3 is 0 Å². The first-order chi connectivity index (χ1) is 26.4. The fourth-order valence-corrected chi connectivity index (χ4v) is 5.47. The molecule has 0 unspecified atom stereocenters. The average Bonchev–Trinajstić information content (AvgIpc) is 3.21. The highest BCUT2D eigenvalue weighted by atomic mass is 127. The van der Waals surface area contributed by atoms with Crippen LogP contribution < -0.4 is 0 Å². The SMILES string of the molecule is ICCOCCOCCOCCOCCOCCOCCOCCOCCOCCOCCOC(c1ccccc1)(c1ccccc1)c1ccccc1. The van der Waals surface area contributed by atoms with Crippen LogP contribution in [0.4, 0.5) is 0 Å². The van der Waals surface area contributed by atoms with Gasteiger partial charge in [0.15, 0.2) is 0 Å². The molecule has 0 spiro atoms. The van der Waals surface area contributed by atoms with Crippen LogP contribution in [0.25, 0.3) is 0 Å². The van der Waals surface area contributed by atoms with Crippen molar-refractivity contribution in [3.8, 4) is 0 Å². The van der Waals surface area contributed by atoms with Gasteiger partial charge in [-0.05, 0) is 16.7 Å². The van der Waals surface area contributed by atoms with E-state index < -0.39 is 5.60 Å². The molecule has 3 aromatic carbocycles. The fraction of sp³-hybridized carbons (Fsp3) is 0.561. The zero-order valence-electron chi connectivity index (χ0n) is 31.1. The summed E-state index contributed by atoms with van der Waals surface area (Å²) < 4.78 is 63.1. The minimum absolute atomic E-state index is 0.418. The molecular weight excluding hydrogens is 795 g/mol. The molecule has 0 aliphatic rings. The molecule has 0 aromatic heterocycles. The first kappa shape index (κ1) is 45.3. The van der Waals surface area contributed by atoms with E-state index in [2.05, 4.69) is 59.0 Å². The van der Waals surface area contributed by atoms with Gasteiger partial charge in [0.1, 0.15) is 5.60 Å². The van der Waals surface area contributed by atoms with E-state index in [1.165, 1.54) is 0 Å². The van der Waals surface area contributed by atoms with Gasteiger partial charge in [-0.3, -0.25) is 0 Å². The van der Waals surface area contributed by atoms with Gasteiger partial charge in [0.05, 0.1) is 139 Å². The summed E-state index contributed by atoms with van der Waals surface area (Å²) in [5.41, 5.74) is 2.46. The normalized spacial score (nSPS) is 11.7. The Balaban J connectivity index is 1.07. The maximum absolute atomic E-state index is 6.73. The molecule has 0 saturated heterocycles. The van der Waals surface area contributed by atoms with Crippen molar-refractivity contribution in [2.45, 2.75) is 5.60 Å². The van der Waals surface area contributed by atoms with Gasteiger partial charge in [-0.1, -0.05) is 114 Å². The number of ether oxygens (including phenoxy) is 11. The van der Waals surface area contributed by atoms with Crippen molar-refractivity contribution in [1.82, 2.24) is 0 Å². The standard InChI is InChI=1S/C41H59IO11/c42-16-17-43-18-19-44-20-21-45-22-23-46-24-25-47-26-27-48-28-29-49-30-31-50-32-33-51-34-35-52-36-37-53-41(38-10-4-1-5-11-38,39-12-6-2-7-13-39)40-14-8-3-9-15-40/h1-15H,16-37H2. The summed E-state index contributed by atoms with van der Waals surface area (Å²) in [6.07, 6.45) is 0. The monoisotopic (exact) mass is 854 g/mol. The minimum Gasteiger partial charge on any atom is -0.378 e. The smallest absolute Gasteiger partial charge is 0.143 e. The Morgan fingerprint density at radius 1 is 0.283 bits per heavy atom. The third kappa shape index (κ3) is 20.4. The van der Waals surface area contributed by atoms with Crippen molar-refractivity contribution < 1.29 is 52.1 Å². The Bertz CT molecular complexity index is 1110. The van der Waals surface area contributed by atoms with Gasteiger partial charge in [0, 0.05) is 4.43 Å². The average molecular weight is 855 g/mol. The lowest BCUT2D eigenvalue weighted by molar-refractivity contribution is -0.0399. The maximum atomic E-state index is 6.73. The van der Waals surface area contributed by atoms with E-state index in [9.17, 15) is 0 Å². The molecule has 11 nitrogen and oxygen atoms in total. The molecule has 0 bridgehead atoms. The van der Waals surface area contributed by atoms with Crippen LogP contribution in [-0.4, -0.2) is 143 Å². The van der Waals surface area contributed by atoms with Crippen LogP contribution in [0.3, 0.4) is 0 Å². The van der Waals surface area contributed by atoms with E-state index in [4.69, 9.17) is 52.1 Å². The molecule has 0 fully saturated rings. The molecule has 3 rings (SSSR count). The lowest BCUT2D eigenvalue weighted by Crippen LogP contribution is -2.34. The second-order valence-corrected chi connectivity index (χ2v) is 12.5. The molecule has 12 heteroatoms. The molecule has 0 atom stereocenters. The first-order valence-corrected chi connectivity index (χ1v) is 20.0. The van der Waals surface area contributed by atoms with E-state index in [-0.39, 0.29) is 0 Å². The predicted molar refractivity (Wildman–Crippen MR) is 212 cm³/mol. The maximum Gasteiger partial charge on any atom is 0.143 e. The van der Waals surface area contributed by atoms with Crippen LogP contribution in [0.1, 0.15) is 16.7 Å². The molecule has 0 N–H and O–H groups in total. The second-order valence-electron chi connectivity index (χ2n) is 11.4. The highest BCUT2D eigenvalue weighted by Gasteiger charge is 2.37. The van der Waals surface area contributed by atoms with E-state index in [1.807, 2.05) is 54.6 Å². The second kappa shape index (κ2) is 32.2. The minimum atomic E-state index is -0.749. The number of halogens is 1. The molecular formula is C41H59IO11. The van der Waals surface area contributed by atoms with Gasteiger partial charge < -0.3 is 52.1 Å². The van der Waals surface area contributed by atoms with Crippen LogP contribution in [0, 0.1) is 0 Å². The third-order valence-corrected chi connectivity index (χ3v) is 8.10. The lowest BCUT2D eigenvalue weighted by Gasteiger charge is -2.36. The third-order valence-electron chi connectivity index (χ3n) is 7.66. The van der Waals surface area contributed by atoms with Gasteiger partial charge in [-0.15, -0.1) is 0 Å². The van der Waals surface area contributed by atoms with Gasteiger partial charge in [0.25, 0.3) is 0 Å². The highest BCUT2D eigenvalue weighted by Crippen LogP contribution is 2.40. The number of benzene rings is 3. The molecule has 53 heavy (non-hydrogen) atoms. The predicted octanol–water partition coefficient (Wildman–Crippen LogP) is 5.60. The Hall–Kier alpha value is -2.05. The number of alkyl halides is 1. The molecule has 0 aliphatic heterocycles. The molecule has 0 saturated carbocycles. The van der Waals surface area contributed by atoms with Crippen LogP contribution in [0.15, 0.2) is 91.0 Å². The quantitative estimate of drug-likeness (QED) is 0.0317. The molecule has 296 valence electrons. The van der Waals surface area contributed by atoms with E-state index in [0.717, 1.165) is 27.7 Å². The Morgan fingerprint density at radius 2 is 0.491 bits per heavy atom.